The number of allylic oxidation sites excluding steroid dienone is 3. The van der Waals surface area contributed by atoms with E-state index in [1.807, 2.05) is 0 Å². The van der Waals surface area contributed by atoms with Crippen molar-refractivity contribution >= 4 is 17.8 Å². The van der Waals surface area contributed by atoms with E-state index in [1.54, 1.807) is 7.11 Å². The number of amides is 1. The van der Waals surface area contributed by atoms with Crippen LogP contribution >= 0.6 is 0 Å². The number of hydrogen-bond acceptors (Lipinski definition) is 9. The molecule has 1 amide bonds. The highest BCUT2D eigenvalue weighted by atomic mass is 16.7. The fourth-order valence-electron chi connectivity index (χ4n) is 17.9. The maximum atomic E-state index is 15.3. The Morgan fingerprint density at radius 3 is 2.41 bits per heavy atom. The molecule has 1 aromatic rings. The van der Waals surface area contributed by atoms with Gasteiger partial charge in [-0.25, -0.2) is 4.79 Å². The molecule has 4 bridgehead atoms. The third-order valence-corrected chi connectivity index (χ3v) is 20.5. The predicted molar refractivity (Wildman–Crippen MR) is 230 cm³/mol. The van der Waals surface area contributed by atoms with Crippen molar-refractivity contribution in [3.8, 4) is 0 Å². The Balaban J connectivity index is 1.14. The number of ether oxygens (including phenoxy) is 3. The van der Waals surface area contributed by atoms with E-state index in [0.717, 1.165) is 50.5 Å². The maximum absolute atomic E-state index is 15.3. The van der Waals surface area contributed by atoms with Gasteiger partial charge in [-0.3, -0.25) is 9.59 Å². The lowest BCUT2D eigenvalue weighted by Gasteiger charge is -2.80. The predicted octanol–water partition coefficient (Wildman–Crippen LogP) is 5.48. The summed E-state index contributed by atoms with van der Waals surface area (Å²) in [6.07, 6.45) is 15.5. The molecule has 2 spiro atoms. The van der Waals surface area contributed by atoms with Crippen LogP contribution in [0, 0.1) is 61.1 Å². The first-order chi connectivity index (χ1) is 29.8. The number of carbonyl (C=O) groups excluding carboxylic acids is 1. The maximum Gasteiger partial charge on any atom is 0.335 e. The van der Waals surface area contributed by atoms with Crippen LogP contribution in [0.3, 0.4) is 0 Å². The molecule has 63 heavy (non-hydrogen) atoms. The number of aryl methyl sites for hydroxylation is 2. The molecule has 3 heterocycles. The highest BCUT2D eigenvalue weighted by Crippen LogP contribution is 2.87. The first-order valence-corrected chi connectivity index (χ1v) is 23.7. The molecule has 17 atom stereocenters. The number of fused-ring (bicyclic) bond motifs is 1. The summed E-state index contributed by atoms with van der Waals surface area (Å²) in [6.45, 7) is 11.6. The number of hydrogen-bond donors (Lipinski definition) is 7. The average Bonchev–Trinajstić information content (AvgIpc) is 3.66. The lowest BCUT2D eigenvalue weighted by Crippen LogP contribution is -2.77. The van der Waals surface area contributed by atoms with Crippen LogP contribution in [0.4, 0.5) is 0 Å². The van der Waals surface area contributed by atoms with Gasteiger partial charge in [0, 0.05) is 47.7 Å². The number of rotatable bonds is 10. The Hall–Kier alpha value is -3.33. The average molecular weight is 873 g/mol. The lowest BCUT2D eigenvalue weighted by atomic mass is 9.23. The second-order valence-corrected chi connectivity index (χ2v) is 22.5. The van der Waals surface area contributed by atoms with Crippen molar-refractivity contribution in [3.63, 3.8) is 0 Å². The van der Waals surface area contributed by atoms with E-state index >= 15 is 4.79 Å². The monoisotopic (exact) mass is 872 g/mol. The topological polar surface area (TPSA) is 208 Å². The Morgan fingerprint density at radius 1 is 0.937 bits per heavy atom. The molecule has 0 aromatic carbocycles. The lowest BCUT2D eigenvalue weighted by molar-refractivity contribution is -0.330. The second kappa shape index (κ2) is 14.1. The molecule has 0 radical (unpaired) electrons. The Bertz CT molecular complexity index is 2180. The van der Waals surface area contributed by atoms with Crippen molar-refractivity contribution in [2.75, 3.05) is 13.7 Å². The van der Waals surface area contributed by atoms with Crippen LogP contribution in [0.15, 0.2) is 48.3 Å². The minimum absolute atomic E-state index is 0.000174. The summed E-state index contributed by atoms with van der Waals surface area (Å²) >= 11 is 0. The van der Waals surface area contributed by atoms with Crippen molar-refractivity contribution < 1.29 is 54.1 Å². The van der Waals surface area contributed by atoms with E-state index in [0.29, 0.717) is 38.7 Å². The van der Waals surface area contributed by atoms with Gasteiger partial charge in [0.25, 0.3) is 0 Å². The zero-order valence-corrected chi connectivity index (χ0v) is 37.7. The fourth-order valence-corrected chi connectivity index (χ4v) is 17.9. The standard InChI is InChI=1S/C50H68N2O11/c1-7-27-24-51-25-28(27)9-17-46-18-13-33(62-40-36(55)34(53)35(54)37(63-40)39(57)58)43(2,3)31(46)11-16-45(5)47(46)19-10-30-38(56)52-41-44(4)14-8-15-50(41)32(12-20-47)49(30,45)22-21-48(50,42(59)60)29(23-44)26-61-6/h8,10,12,15,19,24-25,29-31,33-37,40-41,51,53-55H,7,9,11,13-14,16-18,20-23,26H2,1-6H3,(H,52,56)(H,57,58)(H,59,60)/t29-,30+,31-,33-,34-,35-,36+,37-,40+,41+,44-,45+,46-,47-,48-,49-,50+/m0/s1. The number of H-pyrrole nitrogens is 1. The molecule has 0 unspecified atom stereocenters. The number of aliphatic carboxylic acids is 2. The minimum atomic E-state index is -1.81. The number of aliphatic hydroxyl groups excluding tert-OH is 3. The quantitative estimate of drug-likeness (QED) is 0.116. The third-order valence-electron chi connectivity index (χ3n) is 20.5. The van der Waals surface area contributed by atoms with Crippen molar-refractivity contribution in [1.82, 2.24) is 10.3 Å². The van der Waals surface area contributed by atoms with Crippen LogP contribution in [0.5, 0.6) is 0 Å². The van der Waals surface area contributed by atoms with Crippen LogP contribution in [-0.4, -0.2) is 105 Å². The van der Waals surface area contributed by atoms with Crippen molar-refractivity contribution in [1.29, 1.82) is 0 Å². The van der Waals surface area contributed by atoms with Crippen LogP contribution in [0.2, 0.25) is 0 Å². The van der Waals surface area contributed by atoms with Gasteiger partial charge >= 0.3 is 11.9 Å². The summed E-state index contributed by atoms with van der Waals surface area (Å²) < 4.78 is 18.3. The largest absolute Gasteiger partial charge is 0.481 e. The minimum Gasteiger partial charge on any atom is -0.481 e. The van der Waals surface area contributed by atoms with Gasteiger partial charge in [0.1, 0.15) is 18.3 Å². The number of carboxylic acids is 2. The summed E-state index contributed by atoms with van der Waals surface area (Å²) in [6, 6.07) is -0.388. The molecule has 2 saturated heterocycles. The number of carboxylic acid groups (broad SMARTS) is 2. The Labute approximate surface area is 370 Å². The normalized spacial score (nSPS) is 49.7. The molecule has 2 aliphatic heterocycles. The number of carbonyl (C=O) groups is 3. The van der Waals surface area contributed by atoms with Crippen molar-refractivity contribution in [2.24, 2.45) is 61.1 Å². The molecule has 344 valence electrons. The van der Waals surface area contributed by atoms with Gasteiger partial charge in [-0.1, -0.05) is 70.6 Å². The highest BCUT2D eigenvalue weighted by Gasteiger charge is 2.84. The number of aromatic nitrogens is 1. The SMILES string of the molecule is CCc1c[nH]cc1CC[C@]12CC[C@H](O[C@@H]3O[C@H](C(=O)O)[C@@H](O)[C@H](O)[C@H]3O)C(C)(C)[C@@H]1CC[C@]1(C)[C@@]23C=C[C@@H]2C(=O)N[C@@H]4[C@@]5(C)CC=C[C@@]46C(=CC3)[C@]21CC[C@@]6(C(=O)O)[C@H](COC)C5. The van der Waals surface area contributed by atoms with E-state index in [4.69, 9.17) is 14.2 Å². The Morgan fingerprint density at radius 2 is 1.70 bits per heavy atom. The molecule has 13 nitrogen and oxygen atoms in total. The Kier molecular flexibility index (Phi) is 9.74. The molecular formula is C50H68N2O11. The zero-order valence-electron chi connectivity index (χ0n) is 37.7. The summed E-state index contributed by atoms with van der Waals surface area (Å²) in [5, 5.41) is 57.6. The number of aliphatic hydroxyl groups is 3. The van der Waals surface area contributed by atoms with E-state index in [-0.39, 0.29) is 34.6 Å². The van der Waals surface area contributed by atoms with E-state index in [1.165, 1.54) is 11.1 Å². The van der Waals surface area contributed by atoms with Gasteiger partial charge in [-0.15, -0.1) is 0 Å². The van der Waals surface area contributed by atoms with Gasteiger partial charge in [-0.2, -0.15) is 0 Å². The molecule has 9 aliphatic rings. The number of aromatic amines is 1. The van der Waals surface area contributed by atoms with E-state index in [2.05, 4.69) is 87.7 Å². The molecule has 7 N–H and O–H groups in total. The first-order valence-electron chi connectivity index (χ1n) is 23.7. The third kappa shape index (κ3) is 5.02. The van der Waals surface area contributed by atoms with Gasteiger partial charge in [0.15, 0.2) is 12.4 Å². The molecular weight excluding hydrogens is 805 g/mol. The molecule has 13 heteroatoms. The molecule has 10 rings (SSSR count). The summed E-state index contributed by atoms with van der Waals surface area (Å²) in [5.74, 6) is -2.91. The van der Waals surface area contributed by atoms with Crippen LogP contribution in [-0.2, 0) is 41.4 Å². The second-order valence-electron chi connectivity index (χ2n) is 22.5. The van der Waals surface area contributed by atoms with Gasteiger partial charge < -0.3 is 50.0 Å². The van der Waals surface area contributed by atoms with Crippen LogP contribution in [0.25, 0.3) is 0 Å². The fraction of sp³-hybridized carbons (Fsp3) is 0.740. The highest BCUT2D eigenvalue weighted by molar-refractivity contribution is 5.88. The van der Waals surface area contributed by atoms with Gasteiger partial charge in [0.05, 0.1) is 24.0 Å². The van der Waals surface area contributed by atoms with Gasteiger partial charge in [0.2, 0.25) is 5.91 Å². The molecule has 6 fully saturated rings. The molecule has 4 saturated carbocycles. The smallest absolute Gasteiger partial charge is 0.335 e. The van der Waals surface area contributed by atoms with Crippen LogP contribution in [0.1, 0.15) is 110 Å². The van der Waals surface area contributed by atoms with Crippen molar-refractivity contribution in [3.05, 3.63) is 59.5 Å². The van der Waals surface area contributed by atoms with E-state index in [9.17, 15) is 35.1 Å². The summed E-state index contributed by atoms with van der Waals surface area (Å²) in [5.41, 5.74) is -1.19. The summed E-state index contributed by atoms with van der Waals surface area (Å²) in [4.78, 5) is 45.1. The van der Waals surface area contributed by atoms with E-state index < -0.39 is 87.2 Å². The first kappa shape index (κ1) is 43.6. The van der Waals surface area contributed by atoms with Gasteiger partial charge in [-0.05, 0) is 116 Å². The number of nitrogens with one attached hydrogen (secondary N) is 2. The number of methoxy groups -OCH3 is 1. The molecule has 1 aromatic heterocycles. The zero-order chi connectivity index (χ0) is 44.9. The molecule has 7 aliphatic carbocycles. The van der Waals surface area contributed by atoms with Crippen LogP contribution < -0.4 is 5.32 Å². The van der Waals surface area contributed by atoms with Crippen molar-refractivity contribution in [2.45, 2.75) is 155 Å². The summed E-state index contributed by atoms with van der Waals surface area (Å²) in [7, 11) is 1.67.